The quantitative estimate of drug-likeness (QED) is 0.374. The van der Waals surface area contributed by atoms with Crippen molar-refractivity contribution >= 4 is 22.3 Å². The molecule has 0 unspecified atom stereocenters. The molecule has 7 nitrogen and oxygen atoms in total. The molecule has 2 aromatic heterocycles. The van der Waals surface area contributed by atoms with Gasteiger partial charge in [-0.15, -0.1) is 0 Å². The number of aromatic nitrogens is 2. The number of nitrogens with one attached hydrogen (secondary N) is 2. The van der Waals surface area contributed by atoms with Gasteiger partial charge in [-0.2, -0.15) is 0 Å². The van der Waals surface area contributed by atoms with E-state index >= 15 is 0 Å². The molecule has 3 heterocycles. The summed E-state index contributed by atoms with van der Waals surface area (Å²) in [6.07, 6.45) is 10.9. The lowest BCUT2D eigenvalue weighted by atomic mass is 10.1. The molecule has 1 aliphatic rings. The molecule has 1 aromatic carbocycles. The number of ether oxygens (including phenoxy) is 2. The van der Waals surface area contributed by atoms with E-state index < -0.39 is 0 Å². The number of anilines is 2. The lowest BCUT2D eigenvalue weighted by Gasteiger charge is -2.17. The van der Waals surface area contributed by atoms with Crippen LogP contribution >= 0.6 is 0 Å². The van der Waals surface area contributed by atoms with Gasteiger partial charge in [0.2, 0.25) is 0 Å². The van der Waals surface area contributed by atoms with Crippen LogP contribution in [0.2, 0.25) is 0 Å². The number of benzene rings is 1. The first-order chi connectivity index (χ1) is 16.6. The van der Waals surface area contributed by atoms with Crippen LogP contribution in [-0.4, -0.2) is 48.2 Å². The topological polar surface area (TPSA) is 79.5 Å². The smallest absolute Gasteiger partial charge is 0.250 e. The third kappa shape index (κ3) is 5.70. The lowest BCUT2D eigenvalue weighted by molar-refractivity contribution is 0.283. The number of fused-ring (bicyclic) bond motifs is 1. The molecule has 4 rings (SSSR count). The number of rotatable bonds is 11. The molecule has 1 saturated heterocycles. The average Bonchev–Trinajstić information content (AvgIpc) is 3.34. The number of aromatic amines is 1. The fraction of sp³-hybridized carbons (Fsp3) is 0.481. The zero-order valence-corrected chi connectivity index (χ0v) is 20.6. The summed E-state index contributed by atoms with van der Waals surface area (Å²) in [5.74, 6) is 1.20. The first-order valence-corrected chi connectivity index (χ1v) is 12.3. The van der Waals surface area contributed by atoms with Crippen molar-refractivity contribution in [2.45, 2.75) is 52.4 Å². The zero-order valence-electron chi connectivity index (χ0n) is 20.6. The van der Waals surface area contributed by atoms with E-state index in [0.29, 0.717) is 23.6 Å². The van der Waals surface area contributed by atoms with Crippen molar-refractivity contribution < 1.29 is 9.47 Å². The molecular weight excluding hydrogens is 428 g/mol. The average molecular weight is 465 g/mol. The first-order valence-electron chi connectivity index (χ1n) is 12.3. The largest absolute Gasteiger partial charge is 0.493 e. The first kappa shape index (κ1) is 24.1. The van der Waals surface area contributed by atoms with E-state index in [1.165, 1.54) is 45.3 Å². The van der Waals surface area contributed by atoms with E-state index in [1.807, 2.05) is 38.4 Å². The molecule has 0 amide bonds. The van der Waals surface area contributed by atoms with Crippen LogP contribution in [0, 0.1) is 13.8 Å². The molecule has 2 N–H and O–H groups in total. The SMILES string of the molecule is COc1ccc2c(Nc3c(C)cncc3C)cc(=O)[nH]c2c1OCCCCCCN1CCCC1. The number of likely N-dealkylation sites (tertiary alicyclic amines) is 1. The Kier molecular flexibility index (Phi) is 8.06. The number of pyridine rings is 2. The molecule has 0 atom stereocenters. The predicted molar refractivity (Wildman–Crippen MR) is 138 cm³/mol. The summed E-state index contributed by atoms with van der Waals surface area (Å²) < 4.78 is 11.7. The third-order valence-corrected chi connectivity index (χ3v) is 6.55. The molecule has 0 bridgehead atoms. The van der Waals surface area contributed by atoms with Crippen LogP contribution in [0.15, 0.2) is 35.4 Å². The molecule has 0 radical (unpaired) electrons. The van der Waals surface area contributed by atoms with Gasteiger partial charge in [0.25, 0.3) is 5.56 Å². The molecule has 0 aliphatic carbocycles. The van der Waals surface area contributed by atoms with Crippen LogP contribution in [0.3, 0.4) is 0 Å². The van der Waals surface area contributed by atoms with Gasteiger partial charge in [0.05, 0.1) is 24.9 Å². The Bertz CT molecular complexity index is 1150. The number of hydrogen-bond donors (Lipinski definition) is 2. The molecule has 1 fully saturated rings. The Labute approximate surface area is 201 Å². The van der Waals surface area contributed by atoms with Gasteiger partial charge < -0.3 is 24.7 Å². The zero-order chi connectivity index (χ0) is 23.9. The highest BCUT2D eigenvalue weighted by Gasteiger charge is 2.15. The Hall–Kier alpha value is -3.06. The second kappa shape index (κ2) is 11.4. The van der Waals surface area contributed by atoms with Crippen molar-refractivity contribution in [1.82, 2.24) is 14.9 Å². The summed E-state index contributed by atoms with van der Waals surface area (Å²) >= 11 is 0. The van der Waals surface area contributed by atoms with Crippen molar-refractivity contribution in [3.63, 3.8) is 0 Å². The van der Waals surface area contributed by atoms with Gasteiger partial charge in [-0.05, 0) is 82.4 Å². The minimum absolute atomic E-state index is 0.195. The van der Waals surface area contributed by atoms with Crippen LogP contribution in [-0.2, 0) is 0 Å². The molecule has 0 spiro atoms. The molecule has 3 aromatic rings. The summed E-state index contributed by atoms with van der Waals surface area (Å²) in [5.41, 5.74) is 4.16. The van der Waals surface area contributed by atoms with E-state index in [9.17, 15) is 4.79 Å². The van der Waals surface area contributed by atoms with Crippen molar-refractivity contribution in [3.8, 4) is 11.5 Å². The van der Waals surface area contributed by atoms with Crippen molar-refractivity contribution in [3.05, 3.63) is 52.1 Å². The number of hydrogen-bond acceptors (Lipinski definition) is 6. The van der Waals surface area contributed by atoms with Crippen LogP contribution in [0.1, 0.15) is 49.7 Å². The van der Waals surface area contributed by atoms with E-state index in [-0.39, 0.29) is 5.56 Å². The third-order valence-electron chi connectivity index (χ3n) is 6.55. The van der Waals surface area contributed by atoms with Crippen LogP contribution in [0.25, 0.3) is 10.9 Å². The maximum absolute atomic E-state index is 12.6. The minimum Gasteiger partial charge on any atom is -0.493 e. The van der Waals surface area contributed by atoms with Crippen LogP contribution in [0.4, 0.5) is 11.4 Å². The van der Waals surface area contributed by atoms with E-state index in [0.717, 1.165) is 40.7 Å². The predicted octanol–water partition coefficient (Wildman–Crippen LogP) is 5.33. The standard InChI is InChI=1S/C27H36N4O3/c1-19-17-28-18-20(2)25(19)29-22-16-24(32)30-26-21(22)10-11-23(33-3)27(26)34-15-9-5-4-6-12-31-13-7-8-14-31/h10-11,16-18H,4-9,12-15H2,1-3H3,(H2,28,29,30,32). The molecular formula is C27H36N4O3. The number of aryl methyl sites for hydroxylation is 2. The maximum atomic E-state index is 12.6. The van der Waals surface area contributed by atoms with Gasteiger partial charge in [-0.3, -0.25) is 9.78 Å². The molecule has 182 valence electrons. The van der Waals surface area contributed by atoms with Gasteiger partial charge in [-0.25, -0.2) is 0 Å². The van der Waals surface area contributed by atoms with Crippen LogP contribution in [0.5, 0.6) is 11.5 Å². The molecule has 7 heteroatoms. The Balaban J connectivity index is 1.47. The second-order valence-electron chi connectivity index (χ2n) is 9.15. The van der Waals surface area contributed by atoms with Gasteiger partial charge >= 0.3 is 0 Å². The van der Waals surface area contributed by atoms with Gasteiger partial charge in [0, 0.05) is 29.5 Å². The molecule has 34 heavy (non-hydrogen) atoms. The monoisotopic (exact) mass is 464 g/mol. The fourth-order valence-corrected chi connectivity index (χ4v) is 4.69. The molecule has 1 aliphatic heterocycles. The van der Waals surface area contributed by atoms with Crippen molar-refractivity contribution in [1.29, 1.82) is 0 Å². The highest BCUT2D eigenvalue weighted by molar-refractivity contribution is 5.97. The second-order valence-corrected chi connectivity index (χ2v) is 9.15. The van der Waals surface area contributed by atoms with E-state index in [4.69, 9.17) is 9.47 Å². The van der Waals surface area contributed by atoms with E-state index in [1.54, 1.807) is 13.2 Å². The number of H-pyrrole nitrogens is 1. The minimum atomic E-state index is -0.195. The summed E-state index contributed by atoms with van der Waals surface area (Å²) in [5, 5.41) is 4.31. The van der Waals surface area contributed by atoms with Crippen LogP contribution < -0.4 is 20.3 Å². The van der Waals surface area contributed by atoms with Crippen molar-refractivity contribution in [2.24, 2.45) is 0 Å². The van der Waals surface area contributed by atoms with Gasteiger partial charge in [0.15, 0.2) is 11.5 Å². The normalized spacial score (nSPS) is 14.0. The summed E-state index contributed by atoms with van der Waals surface area (Å²) in [7, 11) is 1.62. The Morgan fingerprint density at radius 1 is 1.06 bits per heavy atom. The number of unbranched alkanes of at least 4 members (excludes halogenated alkanes) is 3. The summed E-state index contributed by atoms with van der Waals surface area (Å²) in [4.78, 5) is 22.3. The Morgan fingerprint density at radius 3 is 2.53 bits per heavy atom. The number of nitrogens with zero attached hydrogens (tertiary/aromatic N) is 2. The summed E-state index contributed by atoms with van der Waals surface area (Å²) in [6, 6.07) is 5.42. The maximum Gasteiger partial charge on any atom is 0.250 e. The lowest BCUT2D eigenvalue weighted by Crippen LogP contribution is -2.20. The van der Waals surface area contributed by atoms with Gasteiger partial charge in [0.1, 0.15) is 0 Å². The highest BCUT2D eigenvalue weighted by atomic mass is 16.5. The van der Waals surface area contributed by atoms with Gasteiger partial charge in [-0.1, -0.05) is 12.8 Å². The van der Waals surface area contributed by atoms with Crippen molar-refractivity contribution in [2.75, 3.05) is 38.7 Å². The van der Waals surface area contributed by atoms with E-state index in [2.05, 4.69) is 20.2 Å². The Morgan fingerprint density at radius 2 is 1.79 bits per heavy atom. The highest BCUT2D eigenvalue weighted by Crippen LogP contribution is 2.37. The summed E-state index contributed by atoms with van der Waals surface area (Å²) in [6.45, 7) is 8.33. The molecule has 0 saturated carbocycles. The number of methoxy groups -OCH3 is 1. The fourth-order valence-electron chi connectivity index (χ4n) is 4.69.